The van der Waals surface area contributed by atoms with E-state index in [1.807, 2.05) is 6.07 Å². The lowest BCUT2D eigenvalue weighted by Gasteiger charge is -2.11. The fourth-order valence-electron chi connectivity index (χ4n) is 2.03. The van der Waals surface area contributed by atoms with Crippen molar-refractivity contribution in [3.05, 3.63) is 65.2 Å². The number of halogens is 2. The van der Waals surface area contributed by atoms with Gasteiger partial charge in [0.25, 0.3) is 0 Å². The average molecular weight is 359 g/mol. The van der Waals surface area contributed by atoms with E-state index in [-0.39, 0.29) is 18.1 Å². The summed E-state index contributed by atoms with van der Waals surface area (Å²) < 4.78 is 39.0. The monoisotopic (exact) mass is 359 g/mol. The van der Waals surface area contributed by atoms with Crippen molar-refractivity contribution in [2.24, 2.45) is 0 Å². The molecule has 26 heavy (non-hydrogen) atoms. The summed E-state index contributed by atoms with van der Waals surface area (Å²) in [5, 5.41) is 8.73. The van der Waals surface area contributed by atoms with Gasteiger partial charge in [-0.15, -0.1) is 0 Å². The van der Waals surface area contributed by atoms with E-state index in [4.69, 9.17) is 14.7 Å². The van der Waals surface area contributed by atoms with Gasteiger partial charge in [0.2, 0.25) is 0 Å². The first-order valence-electron chi connectivity index (χ1n) is 7.48. The topological polar surface area (TPSA) is 68.5 Å². The van der Waals surface area contributed by atoms with Crippen molar-refractivity contribution < 1.29 is 27.8 Å². The zero-order valence-corrected chi connectivity index (χ0v) is 13.8. The van der Waals surface area contributed by atoms with Gasteiger partial charge in [-0.25, -0.2) is 4.79 Å². The van der Waals surface area contributed by atoms with Crippen molar-refractivity contribution in [1.82, 2.24) is 0 Å². The number of nitrogens with zero attached hydrogens (tertiary/aromatic N) is 1. The predicted molar refractivity (Wildman–Crippen MR) is 89.6 cm³/mol. The lowest BCUT2D eigenvalue weighted by Crippen LogP contribution is -2.05. The highest BCUT2D eigenvalue weighted by Crippen LogP contribution is 2.29. The highest BCUT2D eigenvalue weighted by molar-refractivity contribution is 5.87. The van der Waals surface area contributed by atoms with Crippen molar-refractivity contribution in [2.75, 3.05) is 7.11 Å². The quantitative estimate of drug-likeness (QED) is 0.553. The minimum atomic E-state index is -2.96. The second-order valence-corrected chi connectivity index (χ2v) is 5.04. The number of benzene rings is 2. The fourth-order valence-corrected chi connectivity index (χ4v) is 2.03. The molecular weight excluding hydrogens is 344 g/mol. The number of hydrogen-bond donors (Lipinski definition) is 0. The molecule has 0 N–H and O–H groups in total. The maximum atomic E-state index is 12.3. The summed E-state index contributed by atoms with van der Waals surface area (Å²) in [5.41, 5.74) is 1.83. The Morgan fingerprint density at radius 2 is 1.92 bits per heavy atom. The number of carbonyl (C=O) groups is 1. The van der Waals surface area contributed by atoms with E-state index in [1.165, 1.54) is 31.4 Å². The summed E-state index contributed by atoms with van der Waals surface area (Å²) in [6.45, 7) is -3.01. The molecule has 0 amide bonds. The minimum absolute atomic E-state index is 0.0537. The number of carbonyl (C=O) groups excluding carboxylic acids is 1. The molecule has 0 fully saturated rings. The van der Waals surface area contributed by atoms with Crippen molar-refractivity contribution in [2.45, 2.75) is 13.2 Å². The third-order valence-electron chi connectivity index (χ3n) is 3.28. The van der Waals surface area contributed by atoms with Crippen LogP contribution in [0.15, 0.2) is 48.5 Å². The number of hydrogen-bond acceptors (Lipinski definition) is 5. The molecule has 0 spiro atoms. The highest BCUT2D eigenvalue weighted by atomic mass is 19.3. The standard InChI is InChI=1S/C19H15F2NO4/c1-24-17-10-15(6-8-16(17)26-19(20)21)12-25-18(23)9-7-13-2-4-14(11-22)5-3-13/h2-10,19H,12H2,1H3/b9-7+. The molecule has 0 aromatic heterocycles. The van der Waals surface area contributed by atoms with Gasteiger partial charge >= 0.3 is 12.6 Å². The molecule has 0 bridgehead atoms. The van der Waals surface area contributed by atoms with Crippen LogP contribution in [0.2, 0.25) is 0 Å². The zero-order valence-electron chi connectivity index (χ0n) is 13.8. The van der Waals surface area contributed by atoms with E-state index >= 15 is 0 Å². The number of rotatable bonds is 7. The molecule has 0 saturated heterocycles. The first-order chi connectivity index (χ1) is 12.5. The number of alkyl halides is 2. The third kappa shape index (κ3) is 5.60. The van der Waals surface area contributed by atoms with E-state index < -0.39 is 12.6 Å². The molecule has 0 unspecified atom stereocenters. The lowest BCUT2D eigenvalue weighted by atomic mass is 10.1. The summed E-state index contributed by atoms with van der Waals surface area (Å²) in [5.74, 6) is -0.550. The minimum Gasteiger partial charge on any atom is -0.493 e. The van der Waals surface area contributed by atoms with E-state index in [2.05, 4.69) is 4.74 Å². The average Bonchev–Trinajstić information content (AvgIpc) is 2.65. The molecular formula is C19H15F2NO4. The molecule has 5 nitrogen and oxygen atoms in total. The smallest absolute Gasteiger partial charge is 0.387 e. The van der Waals surface area contributed by atoms with Crippen LogP contribution in [0.1, 0.15) is 16.7 Å². The molecule has 0 radical (unpaired) electrons. The van der Waals surface area contributed by atoms with Crippen molar-refractivity contribution in [1.29, 1.82) is 5.26 Å². The molecule has 0 atom stereocenters. The van der Waals surface area contributed by atoms with Crippen LogP contribution in [0.3, 0.4) is 0 Å². The van der Waals surface area contributed by atoms with E-state index in [9.17, 15) is 13.6 Å². The van der Waals surface area contributed by atoms with Gasteiger partial charge in [0.1, 0.15) is 6.61 Å². The summed E-state index contributed by atoms with van der Waals surface area (Å²) in [6, 6.07) is 13.0. The molecule has 7 heteroatoms. The Balaban J connectivity index is 1.93. The Morgan fingerprint density at radius 1 is 1.19 bits per heavy atom. The van der Waals surface area contributed by atoms with Crippen molar-refractivity contribution in [3.63, 3.8) is 0 Å². The van der Waals surface area contributed by atoms with Crippen LogP contribution >= 0.6 is 0 Å². The van der Waals surface area contributed by atoms with Crippen LogP contribution in [0, 0.1) is 11.3 Å². The van der Waals surface area contributed by atoms with Crippen molar-refractivity contribution in [3.8, 4) is 17.6 Å². The lowest BCUT2D eigenvalue weighted by molar-refractivity contribution is -0.138. The summed E-state index contributed by atoms with van der Waals surface area (Å²) in [7, 11) is 1.32. The Labute approximate surface area is 149 Å². The van der Waals surface area contributed by atoms with Gasteiger partial charge in [-0.05, 0) is 41.5 Å². The van der Waals surface area contributed by atoms with Crippen LogP contribution in [0.5, 0.6) is 11.5 Å². The van der Waals surface area contributed by atoms with E-state index in [0.29, 0.717) is 11.1 Å². The normalized spacial score (nSPS) is 10.6. The first kappa shape index (κ1) is 18.9. The largest absolute Gasteiger partial charge is 0.493 e. The SMILES string of the molecule is COc1cc(COC(=O)/C=C/c2ccc(C#N)cc2)ccc1OC(F)F. The van der Waals surface area contributed by atoms with E-state index in [0.717, 1.165) is 5.56 Å². The number of methoxy groups -OCH3 is 1. The van der Waals surface area contributed by atoms with Gasteiger partial charge in [-0.1, -0.05) is 18.2 Å². The van der Waals surface area contributed by atoms with Gasteiger partial charge in [0, 0.05) is 6.08 Å². The molecule has 0 aliphatic rings. The fraction of sp³-hybridized carbons (Fsp3) is 0.158. The van der Waals surface area contributed by atoms with Crippen LogP contribution in [-0.4, -0.2) is 19.7 Å². The number of esters is 1. The first-order valence-corrected chi connectivity index (χ1v) is 7.48. The molecule has 2 aromatic rings. The second kappa shape index (κ2) is 9.18. The van der Waals surface area contributed by atoms with Gasteiger partial charge in [-0.2, -0.15) is 14.0 Å². The van der Waals surface area contributed by atoms with Crippen LogP contribution in [0.25, 0.3) is 6.08 Å². The number of ether oxygens (including phenoxy) is 3. The molecule has 2 rings (SSSR count). The molecule has 0 saturated carbocycles. The maximum absolute atomic E-state index is 12.3. The zero-order chi connectivity index (χ0) is 18.9. The Morgan fingerprint density at radius 3 is 2.54 bits per heavy atom. The van der Waals surface area contributed by atoms with Crippen LogP contribution < -0.4 is 9.47 Å². The molecule has 0 aliphatic carbocycles. The van der Waals surface area contributed by atoms with Crippen LogP contribution in [0.4, 0.5) is 8.78 Å². The Bertz CT molecular complexity index is 826. The number of nitriles is 1. The summed E-state index contributed by atoms with van der Waals surface area (Å²) >= 11 is 0. The van der Waals surface area contributed by atoms with Gasteiger partial charge in [0.05, 0.1) is 18.7 Å². The Hall–Kier alpha value is -3.40. The highest BCUT2D eigenvalue weighted by Gasteiger charge is 2.11. The van der Waals surface area contributed by atoms with Gasteiger partial charge in [0.15, 0.2) is 11.5 Å². The second-order valence-electron chi connectivity index (χ2n) is 5.04. The third-order valence-corrected chi connectivity index (χ3v) is 3.28. The Kier molecular flexibility index (Phi) is 6.68. The summed E-state index contributed by atoms with van der Waals surface area (Å²) in [6.07, 6.45) is 2.82. The van der Waals surface area contributed by atoms with E-state index in [1.54, 1.807) is 30.3 Å². The molecule has 134 valence electrons. The van der Waals surface area contributed by atoms with Crippen LogP contribution in [-0.2, 0) is 16.1 Å². The molecule has 0 aliphatic heterocycles. The molecule has 0 heterocycles. The maximum Gasteiger partial charge on any atom is 0.387 e. The van der Waals surface area contributed by atoms with Gasteiger partial charge < -0.3 is 14.2 Å². The van der Waals surface area contributed by atoms with Crippen molar-refractivity contribution >= 4 is 12.0 Å². The predicted octanol–water partition coefficient (Wildman–Crippen LogP) is 3.92. The molecule has 2 aromatic carbocycles. The van der Waals surface area contributed by atoms with Gasteiger partial charge in [-0.3, -0.25) is 0 Å². The summed E-state index contributed by atoms with van der Waals surface area (Å²) in [4.78, 5) is 11.8.